The van der Waals surface area contributed by atoms with Gasteiger partial charge in [-0.1, -0.05) is 111 Å². The summed E-state index contributed by atoms with van der Waals surface area (Å²) in [6, 6.07) is 43.1. The number of rotatable bonds is 7. The molecule has 0 spiro atoms. The first-order valence-corrected chi connectivity index (χ1v) is 12.5. The van der Waals surface area contributed by atoms with Crippen molar-refractivity contribution in [3.8, 4) is 11.1 Å². The molecule has 0 atom stereocenters. The molecule has 0 heterocycles. The minimum Gasteiger partial charge on any atom is -0.321 e. The molecule has 0 fully saturated rings. The third-order valence-corrected chi connectivity index (χ3v) is 7.17. The zero-order chi connectivity index (χ0) is 24.3. The van der Waals surface area contributed by atoms with Crippen LogP contribution in [-0.2, 0) is 5.54 Å². The number of hydrogen-bond acceptors (Lipinski definition) is 2. The van der Waals surface area contributed by atoms with Crippen LogP contribution in [0.5, 0.6) is 0 Å². The molecule has 5 rings (SSSR count). The van der Waals surface area contributed by atoms with Crippen LogP contribution in [0.4, 0.5) is 17.1 Å². The van der Waals surface area contributed by atoms with Crippen molar-refractivity contribution >= 4 is 27.8 Å². The highest BCUT2D eigenvalue weighted by molar-refractivity contribution is 5.99. The molecule has 5 aromatic rings. The summed E-state index contributed by atoms with van der Waals surface area (Å²) in [7, 11) is 0. The summed E-state index contributed by atoms with van der Waals surface area (Å²) >= 11 is 0. The Bertz CT molecular complexity index is 1410. The maximum absolute atomic E-state index is 7.09. The molecule has 2 nitrogen and oxygen atoms in total. The number of hydrogen-bond donors (Lipinski definition) is 1. The zero-order valence-electron chi connectivity index (χ0n) is 20.5. The van der Waals surface area contributed by atoms with Crippen molar-refractivity contribution < 1.29 is 0 Å². The van der Waals surface area contributed by atoms with E-state index in [1.165, 1.54) is 27.5 Å². The zero-order valence-corrected chi connectivity index (χ0v) is 20.5. The van der Waals surface area contributed by atoms with E-state index in [4.69, 9.17) is 5.73 Å². The van der Waals surface area contributed by atoms with Crippen molar-refractivity contribution in [1.82, 2.24) is 0 Å². The molecule has 0 saturated carbocycles. The Balaban J connectivity index is 1.84. The standard InChI is InChI=1S/C33H32N2/c1-3-33(34,4-2)30-23-22-27(25-14-7-5-8-15-25)24-32(30)35(28-18-9-6-10-19-28)31-21-13-17-26-16-11-12-20-29(26)31/h5-24H,3-4,34H2,1-2H3. The molecule has 0 bridgehead atoms. The smallest absolute Gasteiger partial charge is 0.0540 e. The van der Waals surface area contributed by atoms with Crippen molar-refractivity contribution in [2.75, 3.05) is 4.90 Å². The van der Waals surface area contributed by atoms with Crippen molar-refractivity contribution in [1.29, 1.82) is 0 Å². The molecule has 0 aliphatic rings. The second kappa shape index (κ2) is 9.77. The molecule has 0 unspecified atom stereocenters. The number of anilines is 3. The van der Waals surface area contributed by atoms with Crippen LogP contribution in [0.1, 0.15) is 32.3 Å². The molecule has 35 heavy (non-hydrogen) atoms. The molecule has 0 amide bonds. The third kappa shape index (κ3) is 4.34. The van der Waals surface area contributed by atoms with Crippen LogP contribution in [0.25, 0.3) is 21.9 Å². The molecule has 0 saturated heterocycles. The number of benzene rings is 5. The normalized spacial score (nSPS) is 11.5. The minimum absolute atomic E-state index is 0.428. The van der Waals surface area contributed by atoms with E-state index in [-0.39, 0.29) is 0 Å². The van der Waals surface area contributed by atoms with E-state index in [0.717, 1.165) is 29.9 Å². The molecule has 0 radical (unpaired) electrons. The summed E-state index contributed by atoms with van der Waals surface area (Å²) in [5.41, 5.74) is 13.6. The second-order valence-corrected chi connectivity index (χ2v) is 9.13. The summed E-state index contributed by atoms with van der Waals surface area (Å²) in [5.74, 6) is 0. The van der Waals surface area contributed by atoms with Crippen molar-refractivity contribution in [3.05, 3.63) is 127 Å². The van der Waals surface area contributed by atoms with Crippen LogP contribution in [0.3, 0.4) is 0 Å². The molecular formula is C33H32N2. The van der Waals surface area contributed by atoms with Crippen LogP contribution in [0.15, 0.2) is 121 Å². The van der Waals surface area contributed by atoms with Crippen molar-refractivity contribution in [3.63, 3.8) is 0 Å². The Kier molecular flexibility index (Phi) is 6.39. The van der Waals surface area contributed by atoms with Gasteiger partial charge in [-0.05, 0) is 59.2 Å². The third-order valence-electron chi connectivity index (χ3n) is 7.17. The number of nitrogens with zero attached hydrogens (tertiary/aromatic N) is 1. The lowest BCUT2D eigenvalue weighted by molar-refractivity contribution is 0.413. The molecule has 0 aromatic heterocycles. The van der Waals surface area contributed by atoms with Gasteiger partial charge in [-0.2, -0.15) is 0 Å². The van der Waals surface area contributed by atoms with Gasteiger partial charge in [0, 0.05) is 16.6 Å². The second-order valence-electron chi connectivity index (χ2n) is 9.13. The highest BCUT2D eigenvalue weighted by atomic mass is 15.1. The highest BCUT2D eigenvalue weighted by Gasteiger charge is 2.29. The Labute approximate surface area is 208 Å². The van der Waals surface area contributed by atoms with Gasteiger partial charge >= 0.3 is 0 Å². The topological polar surface area (TPSA) is 29.3 Å². The minimum atomic E-state index is -0.428. The van der Waals surface area contributed by atoms with Gasteiger partial charge in [0.15, 0.2) is 0 Å². The van der Waals surface area contributed by atoms with Crippen LogP contribution < -0.4 is 10.6 Å². The first kappa shape index (κ1) is 22.9. The van der Waals surface area contributed by atoms with Gasteiger partial charge in [-0.25, -0.2) is 0 Å². The average Bonchev–Trinajstić information content (AvgIpc) is 2.94. The summed E-state index contributed by atoms with van der Waals surface area (Å²) in [4.78, 5) is 2.39. The fourth-order valence-corrected chi connectivity index (χ4v) is 4.97. The fourth-order valence-electron chi connectivity index (χ4n) is 4.97. The average molecular weight is 457 g/mol. The van der Waals surface area contributed by atoms with Gasteiger partial charge in [-0.15, -0.1) is 0 Å². The van der Waals surface area contributed by atoms with E-state index in [0.29, 0.717) is 0 Å². The van der Waals surface area contributed by atoms with E-state index in [2.05, 4.69) is 140 Å². The first-order chi connectivity index (χ1) is 17.1. The summed E-state index contributed by atoms with van der Waals surface area (Å²) in [6.45, 7) is 4.37. The molecule has 0 aliphatic heterocycles. The summed E-state index contributed by atoms with van der Waals surface area (Å²) < 4.78 is 0. The van der Waals surface area contributed by atoms with Gasteiger partial charge < -0.3 is 10.6 Å². The molecule has 174 valence electrons. The molecule has 2 N–H and O–H groups in total. The monoisotopic (exact) mass is 456 g/mol. The molecular weight excluding hydrogens is 424 g/mol. The largest absolute Gasteiger partial charge is 0.321 e. The van der Waals surface area contributed by atoms with E-state index in [1.807, 2.05) is 0 Å². The molecule has 2 heteroatoms. The van der Waals surface area contributed by atoms with E-state index >= 15 is 0 Å². The van der Waals surface area contributed by atoms with Gasteiger partial charge in [0.1, 0.15) is 0 Å². The van der Waals surface area contributed by atoms with Gasteiger partial charge in [0.05, 0.1) is 11.4 Å². The Hall–Kier alpha value is -3.88. The quantitative estimate of drug-likeness (QED) is 0.265. The van der Waals surface area contributed by atoms with E-state index in [9.17, 15) is 0 Å². The van der Waals surface area contributed by atoms with Gasteiger partial charge in [0.25, 0.3) is 0 Å². The molecule has 5 aromatic carbocycles. The van der Waals surface area contributed by atoms with Gasteiger partial charge in [-0.3, -0.25) is 0 Å². The lowest BCUT2D eigenvalue weighted by Gasteiger charge is -2.35. The van der Waals surface area contributed by atoms with Crippen molar-refractivity contribution in [2.24, 2.45) is 5.73 Å². The number of para-hydroxylation sites is 1. The van der Waals surface area contributed by atoms with Crippen LogP contribution in [-0.4, -0.2) is 0 Å². The maximum Gasteiger partial charge on any atom is 0.0540 e. The Morgan fingerprint density at radius 3 is 1.94 bits per heavy atom. The Morgan fingerprint density at radius 2 is 1.23 bits per heavy atom. The molecule has 0 aliphatic carbocycles. The van der Waals surface area contributed by atoms with Crippen LogP contribution in [0, 0.1) is 0 Å². The van der Waals surface area contributed by atoms with Crippen LogP contribution >= 0.6 is 0 Å². The SMILES string of the molecule is CCC(N)(CC)c1ccc(-c2ccccc2)cc1N(c1ccccc1)c1cccc2ccccc12. The lowest BCUT2D eigenvalue weighted by Crippen LogP contribution is -2.36. The Morgan fingerprint density at radius 1 is 0.600 bits per heavy atom. The van der Waals surface area contributed by atoms with Crippen LogP contribution in [0.2, 0.25) is 0 Å². The maximum atomic E-state index is 7.09. The van der Waals surface area contributed by atoms with Gasteiger partial charge in [0.2, 0.25) is 0 Å². The highest BCUT2D eigenvalue weighted by Crippen LogP contribution is 2.45. The predicted octanol–water partition coefficient (Wildman–Crippen LogP) is 8.95. The number of fused-ring (bicyclic) bond motifs is 1. The first-order valence-electron chi connectivity index (χ1n) is 12.5. The number of nitrogens with two attached hydrogens (primary N) is 1. The van der Waals surface area contributed by atoms with Crippen molar-refractivity contribution in [2.45, 2.75) is 32.2 Å². The summed E-state index contributed by atoms with van der Waals surface area (Å²) in [5, 5.41) is 2.43. The summed E-state index contributed by atoms with van der Waals surface area (Å²) in [6.07, 6.45) is 1.72. The predicted molar refractivity (Wildman–Crippen MR) is 151 cm³/mol. The fraction of sp³-hybridized carbons (Fsp3) is 0.152. The lowest BCUT2D eigenvalue weighted by atomic mass is 9.83. The van der Waals surface area contributed by atoms with E-state index < -0.39 is 5.54 Å². The van der Waals surface area contributed by atoms with E-state index in [1.54, 1.807) is 0 Å².